The predicted molar refractivity (Wildman–Crippen MR) is 67.0 cm³/mol. The van der Waals surface area contributed by atoms with Crippen LogP contribution in [0, 0.1) is 6.92 Å². The van der Waals surface area contributed by atoms with E-state index < -0.39 is 10.0 Å². The first-order valence-corrected chi connectivity index (χ1v) is 6.91. The van der Waals surface area contributed by atoms with Gasteiger partial charge in [-0.2, -0.15) is 4.31 Å². The molecular weight excluding hydrogens is 270 g/mol. The molecule has 0 aliphatic heterocycles. The van der Waals surface area contributed by atoms with E-state index in [0.29, 0.717) is 11.5 Å². The van der Waals surface area contributed by atoms with E-state index in [9.17, 15) is 13.2 Å². The molecule has 0 bridgehead atoms. The third kappa shape index (κ3) is 2.91. The first-order valence-electron chi connectivity index (χ1n) is 5.47. The van der Waals surface area contributed by atoms with Gasteiger partial charge in [0.25, 0.3) is 0 Å². The summed E-state index contributed by atoms with van der Waals surface area (Å²) in [6.07, 6.45) is 1.17. The fourth-order valence-electron chi connectivity index (χ4n) is 1.54. The number of aromatic amines is 1. The second-order valence-electron chi connectivity index (χ2n) is 4.08. The second-order valence-corrected chi connectivity index (χ2v) is 6.12. The van der Waals surface area contributed by atoms with Crippen LogP contribution >= 0.6 is 0 Å². The smallest absolute Gasteiger partial charge is 0.247 e. The molecule has 0 unspecified atom stereocenters. The predicted octanol–water partition coefficient (Wildman–Crippen LogP) is 0.492. The van der Waals surface area contributed by atoms with Crippen molar-refractivity contribution in [1.29, 1.82) is 0 Å². The molecule has 2 rings (SSSR count). The van der Waals surface area contributed by atoms with Crippen LogP contribution in [0.3, 0.4) is 0 Å². The topological polar surface area (TPSA) is 96.3 Å². The number of H-pyrrole nitrogens is 1. The van der Waals surface area contributed by atoms with Crippen molar-refractivity contribution in [1.82, 2.24) is 14.4 Å². The molecule has 0 saturated carbocycles. The number of hydrogen-bond acceptors (Lipinski definition) is 5. The average Bonchev–Trinajstić information content (AvgIpc) is 2.75. The highest BCUT2D eigenvalue weighted by molar-refractivity contribution is 7.89. The summed E-state index contributed by atoms with van der Waals surface area (Å²) in [6, 6.07) is 4.10. The van der Waals surface area contributed by atoms with Gasteiger partial charge < -0.3 is 9.51 Å². The number of sulfonamides is 1. The largest absolute Gasteiger partial charge is 0.361 e. The van der Waals surface area contributed by atoms with Gasteiger partial charge in [-0.3, -0.25) is 4.79 Å². The normalized spacial score (nSPS) is 11.9. The van der Waals surface area contributed by atoms with E-state index in [-0.39, 0.29) is 17.0 Å². The molecule has 8 heteroatoms. The SMILES string of the molecule is Cc1cc(CN(C)S(=O)(=O)c2ccc(=O)[nH]c2)no1. The monoisotopic (exact) mass is 283 g/mol. The van der Waals surface area contributed by atoms with Gasteiger partial charge in [-0.05, 0) is 13.0 Å². The highest BCUT2D eigenvalue weighted by Gasteiger charge is 2.22. The van der Waals surface area contributed by atoms with Crippen molar-refractivity contribution in [3.8, 4) is 0 Å². The van der Waals surface area contributed by atoms with Crippen LogP contribution in [-0.2, 0) is 16.6 Å². The molecule has 102 valence electrons. The Hall–Kier alpha value is -1.93. The second kappa shape index (κ2) is 4.98. The molecule has 2 aromatic heterocycles. The lowest BCUT2D eigenvalue weighted by molar-refractivity contribution is 0.378. The minimum atomic E-state index is -3.66. The van der Waals surface area contributed by atoms with Gasteiger partial charge in [0.1, 0.15) is 5.76 Å². The highest BCUT2D eigenvalue weighted by atomic mass is 32.2. The van der Waals surface area contributed by atoms with Crippen LogP contribution in [-0.4, -0.2) is 29.9 Å². The summed E-state index contributed by atoms with van der Waals surface area (Å²) in [7, 11) is -2.23. The standard InChI is InChI=1S/C11H13N3O4S/c1-8-5-9(13-18-8)7-14(2)19(16,17)10-3-4-11(15)12-6-10/h3-6H,7H2,1-2H3,(H,12,15). The maximum atomic E-state index is 12.2. The Labute approximate surface area is 109 Å². The van der Waals surface area contributed by atoms with Crippen molar-refractivity contribution < 1.29 is 12.9 Å². The van der Waals surface area contributed by atoms with E-state index >= 15 is 0 Å². The maximum absolute atomic E-state index is 12.2. The molecule has 0 saturated heterocycles. The third-order valence-electron chi connectivity index (χ3n) is 2.53. The molecule has 0 aliphatic rings. The van der Waals surface area contributed by atoms with Crippen LogP contribution in [0.2, 0.25) is 0 Å². The Morgan fingerprint density at radius 3 is 2.68 bits per heavy atom. The number of nitrogens with zero attached hydrogens (tertiary/aromatic N) is 2. The highest BCUT2D eigenvalue weighted by Crippen LogP contribution is 2.14. The maximum Gasteiger partial charge on any atom is 0.247 e. The molecule has 7 nitrogen and oxygen atoms in total. The van der Waals surface area contributed by atoms with Gasteiger partial charge in [0, 0.05) is 25.4 Å². The van der Waals surface area contributed by atoms with Crippen LogP contribution in [0.1, 0.15) is 11.5 Å². The molecule has 0 radical (unpaired) electrons. The lowest BCUT2D eigenvalue weighted by atomic mass is 10.4. The average molecular weight is 283 g/mol. The van der Waals surface area contributed by atoms with Gasteiger partial charge in [-0.15, -0.1) is 0 Å². The first kappa shape index (κ1) is 13.5. The Morgan fingerprint density at radius 2 is 2.16 bits per heavy atom. The first-order chi connectivity index (χ1) is 8.89. The summed E-state index contributed by atoms with van der Waals surface area (Å²) in [5.41, 5.74) is 0.168. The number of hydrogen-bond donors (Lipinski definition) is 1. The van der Waals surface area contributed by atoms with Crippen LogP contribution in [0.25, 0.3) is 0 Å². The summed E-state index contributed by atoms with van der Waals surface area (Å²) in [4.78, 5) is 13.3. The van der Waals surface area contributed by atoms with Crippen LogP contribution in [0.5, 0.6) is 0 Å². The number of aryl methyl sites for hydroxylation is 1. The summed E-state index contributed by atoms with van der Waals surface area (Å²) < 4.78 is 30.4. The van der Waals surface area contributed by atoms with Crippen LogP contribution < -0.4 is 5.56 Å². The van der Waals surface area contributed by atoms with E-state index in [0.717, 1.165) is 4.31 Å². The lowest BCUT2D eigenvalue weighted by Crippen LogP contribution is -2.27. The van der Waals surface area contributed by atoms with Gasteiger partial charge in [-0.25, -0.2) is 8.42 Å². The van der Waals surface area contributed by atoms with Crippen molar-refractivity contribution in [2.75, 3.05) is 7.05 Å². The van der Waals surface area contributed by atoms with Crippen molar-refractivity contribution in [3.63, 3.8) is 0 Å². The Kier molecular flexibility index (Phi) is 3.54. The van der Waals surface area contributed by atoms with Gasteiger partial charge in [-0.1, -0.05) is 5.16 Å². The Balaban J connectivity index is 2.24. The number of aromatic nitrogens is 2. The lowest BCUT2D eigenvalue weighted by Gasteiger charge is -2.15. The van der Waals surface area contributed by atoms with E-state index in [4.69, 9.17) is 4.52 Å². The quantitative estimate of drug-likeness (QED) is 0.881. The molecule has 0 fully saturated rings. The molecule has 2 aromatic rings. The fourth-order valence-corrected chi connectivity index (χ4v) is 2.65. The van der Waals surface area contributed by atoms with Gasteiger partial charge in [0.15, 0.2) is 0 Å². The third-order valence-corrected chi connectivity index (χ3v) is 4.32. The molecule has 2 heterocycles. The van der Waals surface area contributed by atoms with E-state index in [1.54, 1.807) is 13.0 Å². The van der Waals surface area contributed by atoms with E-state index in [1.165, 1.54) is 25.4 Å². The molecular formula is C11H13N3O4S. The fraction of sp³-hybridized carbons (Fsp3) is 0.273. The molecule has 0 amide bonds. The van der Waals surface area contributed by atoms with Crippen molar-refractivity contribution in [2.24, 2.45) is 0 Å². The summed E-state index contributed by atoms with van der Waals surface area (Å²) in [6.45, 7) is 1.83. The Bertz CT molecular complexity index is 712. The molecule has 0 spiro atoms. The summed E-state index contributed by atoms with van der Waals surface area (Å²) in [5, 5.41) is 3.74. The zero-order valence-electron chi connectivity index (χ0n) is 10.5. The molecule has 1 N–H and O–H groups in total. The van der Waals surface area contributed by atoms with Gasteiger partial charge in [0.05, 0.1) is 17.1 Å². The van der Waals surface area contributed by atoms with E-state index in [2.05, 4.69) is 10.1 Å². The zero-order valence-corrected chi connectivity index (χ0v) is 11.3. The molecule has 0 aromatic carbocycles. The number of pyridine rings is 1. The van der Waals surface area contributed by atoms with E-state index in [1.807, 2.05) is 0 Å². The summed E-state index contributed by atoms with van der Waals surface area (Å²) in [5.74, 6) is 0.616. The van der Waals surface area contributed by atoms with Crippen molar-refractivity contribution in [2.45, 2.75) is 18.4 Å². The minimum Gasteiger partial charge on any atom is -0.361 e. The van der Waals surface area contributed by atoms with Crippen LogP contribution in [0.4, 0.5) is 0 Å². The zero-order chi connectivity index (χ0) is 14.0. The molecule has 0 aliphatic carbocycles. The van der Waals surface area contributed by atoms with Crippen LogP contribution in [0.15, 0.2) is 38.6 Å². The Morgan fingerprint density at radius 1 is 1.42 bits per heavy atom. The summed E-state index contributed by atoms with van der Waals surface area (Å²) >= 11 is 0. The van der Waals surface area contributed by atoms with Crippen molar-refractivity contribution >= 4 is 10.0 Å². The molecule has 19 heavy (non-hydrogen) atoms. The van der Waals surface area contributed by atoms with Gasteiger partial charge >= 0.3 is 0 Å². The minimum absolute atomic E-state index is 0.0230. The number of nitrogens with one attached hydrogen (secondary N) is 1. The van der Waals surface area contributed by atoms with Crippen molar-refractivity contribution in [3.05, 3.63) is 46.2 Å². The number of rotatable bonds is 4. The molecule has 0 atom stereocenters. The van der Waals surface area contributed by atoms with Gasteiger partial charge in [0.2, 0.25) is 15.6 Å².